The Labute approximate surface area is 206 Å². The minimum absolute atomic E-state index is 0.0969. The lowest BCUT2D eigenvalue weighted by atomic mass is 9.94. The number of amides is 2. The predicted octanol–water partition coefficient (Wildman–Crippen LogP) is 5.56. The molecule has 7 heteroatoms. The molecular formula is C29H23F3N2O2. The van der Waals surface area contributed by atoms with Gasteiger partial charge in [0.1, 0.15) is 17.5 Å². The van der Waals surface area contributed by atoms with Crippen molar-refractivity contribution in [2.24, 2.45) is 0 Å². The number of hydrogen-bond acceptors (Lipinski definition) is 2. The third-order valence-corrected chi connectivity index (χ3v) is 5.69. The number of nitrogens with one attached hydrogen (secondary N) is 2. The third kappa shape index (κ3) is 6.18. The monoisotopic (exact) mass is 488 g/mol. The molecule has 0 aromatic heterocycles. The van der Waals surface area contributed by atoms with Gasteiger partial charge in [0.05, 0.1) is 6.42 Å². The van der Waals surface area contributed by atoms with E-state index in [1.807, 2.05) is 24.3 Å². The summed E-state index contributed by atoms with van der Waals surface area (Å²) in [7, 11) is 0. The van der Waals surface area contributed by atoms with Gasteiger partial charge in [-0.25, -0.2) is 13.2 Å². The van der Waals surface area contributed by atoms with E-state index in [0.29, 0.717) is 16.7 Å². The van der Waals surface area contributed by atoms with Gasteiger partial charge < -0.3 is 10.6 Å². The van der Waals surface area contributed by atoms with Crippen molar-refractivity contribution >= 4 is 11.8 Å². The summed E-state index contributed by atoms with van der Waals surface area (Å²) in [6.45, 7) is 0.132. The van der Waals surface area contributed by atoms with Crippen molar-refractivity contribution in [3.63, 3.8) is 0 Å². The van der Waals surface area contributed by atoms with Gasteiger partial charge in [0.15, 0.2) is 0 Å². The second-order valence-electron chi connectivity index (χ2n) is 8.20. The molecule has 4 aromatic carbocycles. The number of halogens is 3. The first-order valence-electron chi connectivity index (χ1n) is 11.3. The molecule has 0 atom stereocenters. The third-order valence-electron chi connectivity index (χ3n) is 5.69. The number of benzene rings is 4. The Balaban J connectivity index is 1.48. The van der Waals surface area contributed by atoms with E-state index >= 15 is 0 Å². The number of carbonyl (C=O) groups is 2. The Morgan fingerprint density at radius 3 is 2.03 bits per heavy atom. The highest BCUT2D eigenvalue weighted by atomic mass is 19.1. The van der Waals surface area contributed by atoms with Crippen LogP contribution < -0.4 is 10.6 Å². The van der Waals surface area contributed by atoms with E-state index in [1.165, 1.54) is 18.2 Å². The average molecular weight is 489 g/mol. The zero-order valence-corrected chi connectivity index (χ0v) is 19.2. The van der Waals surface area contributed by atoms with E-state index in [1.54, 1.807) is 36.4 Å². The van der Waals surface area contributed by atoms with E-state index in [0.717, 1.165) is 23.3 Å². The van der Waals surface area contributed by atoms with Crippen LogP contribution in [0.4, 0.5) is 13.2 Å². The topological polar surface area (TPSA) is 58.2 Å². The lowest BCUT2D eigenvalue weighted by Crippen LogP contribution is -2.25. The minimum atomic E-state index is -0.731. The second kappa shape index (κ2) is 11.4. The van der Waals surface area contributed by atoms with Crippen LogP contribution in [0.25, 0.3) is 11.1 Å². The molecule has 0 aliphatic carbocycles. The second-order valence-corrected chi connectivity index (χ2v) is 8.20. The van der Waals surface area contributed by atoms with Crippen molar-refractivity contribution < 1.29 is 22.8 Å². The fourth-order valence-corrected chi connectivity index (χ4v) is 3.83. The summed E-state index contributed by atoms with van der Waals surface area (Å²) < 4.78 is 40.2. The molecule has 0 saturated heterocycles. The van der Waals surface area contributed by atoms with Crippen LogP contribution in [-0.4, -0.2) is 11.8 Å². The van der Waals surface area contributed by atoms with Crippen LogP contribution in [0.5, 0.6) is 0 Å². The fourth-order valence-electron chi connectivity index (χ4n) is 3.83. The molecule has 182 valence electrons. The normalized spacial score (nSPS) is 10.6. The molecule has 36 heavy (non-hydrogen) atoms. The Morgan fingerprint density at radius 2 is 1.28 bits per heavy atom. The van der Waals surface area contributed by atoms with E-state index in [-0.39, 0.29) is 36.8 Å². The summed E-state index contributed by atoms with van der Waals surface area (Å²) in [6, 6.07) is 23.3. The smallest absolute Gasteiger partial charge is 0.252 e. The van der Waals surface area contributed by atoms with Crippen molar-refractivity contribution in [1.82, 2.24) is 10.6 Å². The van der Waals surface area contributed by atoms with Gasteiger partial charge in [0.2, 0.25) is 5.91 Å². The van der Waals surface area contributed by atoms with Crippen LogP contribution in [0, 0.1) is 17.5 Å². The molecule has 4 nitrogen and oxygen atoms in total. The van der Waals surface area contributed by atoms with Crippen LogP contribution >= 0.6 is 0 Å². The largest absolute Gasteiger partial charge is 0.352 e. The summed E-state index contributed by atoms with van der Waals surface area (Å²) in [5, 5.41) is 5.56. The predicted molar refractivity (Wildman–Crippen MR) is 131 cm³/mol. The van der Waals surface area contributed by atoms with Gasteiger partial charge in [-0.1, -0.05) is 60.7 Å². The zero-order chi connectivity index (χ0) is 25.5. The molecule has 0 aliphatic rings. The molecule has 0 fully saturated rings. The van der Waals surface area contributed by atoms with E-state index in [4.69, 9.17) is 0 Å². The van der Waals surface area contributed by atoms with E-state index in [2.05, 4.69) is 10.6 Å². The standard InChI is InChI=1S/C29H23F3N2O2/c30-22-12-9-19(10-13-22)15-28(35)33-17-20-5-1-2-6-24(20)25-7-3-4-8-26(25)29(36)34-18-21-11-14-23(31)16-27(21)32/h1-14,16H,15,17-18H2,(H,33,35)(H,34,36). The molecule has 0 saturated carbocycles. The van der Waals surface area contributed by atoms with Gasteiger partial charge >= 0.3 is 0 Å². The first kappa shape index (κ1) is 24.7. The molecule has 4 rings (SSSR count). The average Bonchev–Trinajstić information content (AvgIpc) is 2.88. The Kier molecular flexibility index (Phi) is 7.80. The molecule has 4 aromatic rings. The summed E-state index contributed by atoms with van der Waals surface area (Å²) >= 11 is 0. The van der Waals surface area contributed by atoms with Gasteiger partial charge in [-0.2, -0.15) is 0 Å². The summed E-state index contributed by atoms with van der Waals surface area (Å²) in [5.41, 5.74) is 3.46. The van der Waals surface area contributed by atoms with E-state index in [9.17, 15) is 22.8 Å². The Morgan fingerprint density at radius 1 is 0.639 bits per heavy atom. The van der Waals surface area contributed by atoms with Crippen LogP contribution in [0.1, 0.15) is 27.0 Å². The quantitative estimate of drug-likeness (QED) is 0.341. The molecule has 0 spiro atoms. The molecule has 0 heterocycles. The molecule has 0 bridgehead atoms. The highest BCUT2D eigenvalue weighted by molar-refractivity contribution is 6.01. The van der Waals surface area contributed by atoms with Crippen molar-refractivity contribution in [3.8, 4) is 11.1 Å². The number of carbonyl (C=O) groups excluding carboxylic acids is 2. The van der Waals surface area contributed by atoms with Gasteiger partial charge in [0.25, 0.3) is 5.91 Å². The molecule has 0 aliphatic heterocycles. The molecular weight excluding hydrogens is 465 g/mol. The van der Waals surface area contributed by atoms with Crippen molar-refractivity contribution in [1.29, 1.82) is 0 Å². The Bertz CT molecular complexity index is 1390. The van der Waals surface area contributed by atoms with E-state index < -0.39 is 17.5 Å². The van der Waals surface area contributed by atoms with Gasteiger partial charge in [-0.05, 0) is 46.5 Å². The lowest BCUT2D eigenvalue weighted by Gasteiger charge is -2.15. The maximum Gasteiger partial charge on any atom is 0.252 e. The highest BCUT2D eigenvalue weighted by Crippen LogP contribution is 2.27. The maximum absolute atomic E-state index is 14.0. The highest BCUT2D eigenvalue weighted by Gasteiger charge is 2.16. The SMILES string of the molecule is O=C(Cc1ccc(F)cc1)NCc1ccccc1-c1ccccc1C(=O)NCc1ccc(F)cc1F. The van der Waals surface area contributed by atoms with Crippen molar-refractivity contribution in [3.05, 3.63) is 131 Å². The van der Waals surface area contributed by atoms with Crippen molar-refractivity contribution in [2.75, 3.05) is 0 Å². The van der Waals surface area contributed by atoms with Crippen LogP contribution in [-0.2, 0) is 24.3 Å². The summed E-state index contributed by atoms with van der Waals surface area (Å²) in [6.07, 6.45) is 0.112. The summed E-state index contributed by atoms with van der Waals surface area (Å²) in [4.78, 5) is 25.4. The molecule has 0 radical (unpaired) electrons. The lowest BCUT2D eigenvalue weighted by molar-refractivity contribution is -0.120. The number of hydrogen-bond donors (Lipinski definition) is 2. The first-order chi connectivity index (χ1) is 17.4. The fraction of sp³-hybridized carbons (Fsp3) is 0.103. The minimum Gasteiger partial charge on any atom is -0.352 e. The Hall–Kier alpha value is -4.39. The first-order valence-corrected chi connectivity index (χ1v) is 11.3. The van der Waals surface area contributed by atoms with Gasteiger partial charge in [-0.15, -0.1) is 0 Å². The van der Waals surface area contributed by atoms with Crippen LogP contribution in [0.2, 0.25) is 0 Å². The molecule has 2 amide bonds. The van der Waals surface area contributed by atoms with Crippen LogP contribution in [0.3, 0.4) is 0 Å². The maximum atomic E-state index is 14.0. The summed E-state index contributed by atoms with van der Waals surface area (Å²) in [5.74, 6) is -2.41. The van der Waals surface area contributed by atoms with Gasteiger partial charge in [-0.3, -0.25) is 9.59 Å². The molecule has 2 N–H and O–H groups in total. The number of rotatable bonds is 8. The zero-order valence-electron chi connectivity index (χ0n) is 19.2. The van der Waals surface area contributed by atoms with Crippen LogP contribution in [0.15, 0.2) is 91.0 Å². The molecule has 0 unspecified atom stereocenters. The van der Waals surface area contributed by atoms with Gasteiger partial charge in [0, 0.05) is 30.3 Å². The van der Waals surface area contributed by atoms with Crippen molar-refractivity contribution in [2.45, 2.75) is 19.5 Å².